The van der Waals surface area contributed by atoms with Gasteiger partial charge in [-0.1, -0.05) is 58.4 Å². The van der Waals surface area contributed by atoms with Crippen molar-refractivity contribution in [3.63, 3.8) is 0 Å². The van der Waals surface area contributed by atoms with Crippen LogP contribution in [0.15, 0.2) is 100 Å². The summed E-state index contributed by atoms with van der Waals surface area (Å²) >= 11 is 4.61. The zero-order chi connectivity index (χ0) is 23.7. The maximum absolute atomic E-state index is 13.2. The normalized spacial score (nSPS) is 17.2. The summed E-state index contributed by atoms with van der Waals surface area (Å²) in [5, 5.41) is 13.3. The smallest absolute Gasteiger partial charge is 0.301 e. The van der Waals surface area contributed by atoms with Crippen molar-refractivity contribution in [2.24, 2.45) is 0 Å². The van der Waals surface area contributed by atoms with Gasteiger partial charge in [-0.25, -0.2) is 4.98 Å². The van der Waals surface area contributed by atoms with Crippen LogP contribution < -0.4 is 9.64 Å². The Morgan fingerprint density at radius 1 is 0.971 bits per heavy atom. The Hall–Kier alpha value is -3.75. The van der Waals surface area contributed by atoms with Gasteiger partial charge < -0.3 is 9.84 Å². The molecule has 3 aromatic carbocycles. The monoisotopic (exact) mass is 532 g/mol. The number of para-hydroxylation sites is 1. The summed E-state index contributed by atoms with van der Waals surface area (Å²) in [5.41, 5.74) is 1.04. The molecular formula is C26H17BrN2O4S. The minimum atomic E-state index is -0.867. The molecule has 0 saturated carbocycles. The van der Waals surface area contributed by atoms with E-state index in [0.717, 1.165) is 4.47 Å². The van der Waals surface area contributed by atoms with Crippen LogP contribution in [0.3, 0.4) is 0 Å². The molecule has 4 aromatic rings. The lowest BCUT2D eigenvalue weighted by Gasteiger charge is -2.23. The Morgan fingerprint density at radius 3 is 2.41 bits per heavy atom. The Kier molecular flexibility index (Phi) is 6.00. The van der Waals surface area contributed by atoms with Crippen molar-refractivity contribution in [1.82, 2.24) is 4.98 Å². The maximum atomic E-state index is 13.2. The molecule has 6 nitrogen and oxygen atoms in total. The van der Waals surface area contributed by atoms with Gasteiger partial charge in [-0.15, -0.1) is 11.3 Å². The first-order valence-electron chi connectivity index (χ1n) is 10.3. The van der Waals surface area contributed by atoms with Crippen molar-refractivity contribution in [2.75, 3.05) is 4.90 Å². The second-order valence-corrected chi connectivity index (χ2v) is 9.27. The van der Waals surface area contributed by atoms with E-state index in [1.54, 1.807) is 60.1 Å². The number of halogens is 1. The van der Waals surface area contributed by atoms with Crippen molar-refractivity contribution >= 4 is 49.8 Å². The van der Waals surface area contributed by atoms with E-state index in [4.69, 9.17) is 4.74 Å². The van der Waals surface area contributed by atoms with Gasteiger partial charge in [0.15, 0.2) is 5.13 Å². The van der Waals surface area contributed by atoms with Gasteiger partial charge in [0.2, 0.25) is 0 Å². The van der Waals surface area contributed by atoms with E-state index < -0.39 is 17.7 Å². The minimum absolute atomic E-state index is 0.000571. The molecule has 34 heavy (non-hydrogen) atoms. The molecule has 0 spiro atoms. The maximum Gasteiger partial charge on any atom is 0.301 e. The van der Waals surface area contributed by atoms with E-state index in [0.29, 0.717) is 27.8 Å². The summed E-state index contributed by atoms with van der Waals surface area (Å²) in [6, 6.07) is 22.5. The molecule has 1 atom stereocenters. The Balaban J connectivity index is 1.64. The Morgan fingerprint density at radius 2 is 1.71 bits per heavy atom. The number of benzene rings is 3. The number of aliphatic hydroxyl groups excluding tert-OH is 1. The number of carbonyl (C=O) groups is 2. The number of thiazole rings is 1. The summed E-state index contributed by atoms with van der Waals surface area (Å²) < 4.78 is 6.79. The zero-order valence-electron chi connectivity index (χ0n) is 17.6. The van der Waals surface area contributed by atoms with Gasteiger partial charge in [0.1, 0.15) is 17.3 Å². The highest BCUT2D eigenvalue weighted by molar-refractivity contribution is 9.10. The molecule has 1 saturated heterocycles. The van der Waals surface area contributed by atoms with Crippen molar-refractivity contribution in [2.45, 2.75) is 6.04 Å². The van der Waals surface area contributed by atoms with Gasteiger partial charge in [-0.3, -0.25) is 14.5 Å². The van der Waals surface area contributed by atoms with Gasteiger partial charge in [-0.05, 0) is 42.0 Å². The van der Waals surface area contributed by atoms with Crippen LogP contribution in [0.5, 0.6) is 11.5 Å². The number of anilines is 1. The predicted molar refractivity (Wildman–Crippen MR) is 134 cm³/mol. The molecule has 0 bridgehead atoms. The van der Waals surface area contributed by atoms with Crippen LogP contribution in [0, 0.1) is 0 Å². The van der Waals surface area contributed by atoms with E-state index >= 15 is 0 Å². The summed E-state index contributed by atoms with van der Waals surface area (Å²) in [7, 11) is 0. The molecule has 8 heteroatoms. The van der Waals surface area contributed by atoms with Crippen molar-refractivity contribution in [1.29, 1.82) is 0 Å². The summed E-state index contributed by atoms with van der Waals surface area (Å²) in [5.74, 6) is -0.562. The quantitative estimate of drug-likeness (QED) is 0.184. The molecule has 1 amide bonds. The number of aliphatic hydroxyl groups is 1. The molecule has 0 radical (unpaired) electrons. The summed E-state index contributed by atoms with van der Waals surface area (Å²) in [6.45, 7) is 0. The second kappa shape index (κ2) is 9.24. The fraction of sp³-hybridized carbons (Fsp3) is 0.0385. The van der Waals surface area contributed by atoms with Gasteiger partial charge >= 0.3 is 5.91 Å². The third-order valence-electron chi connectivity index (χ3n) is 5.34. The first-order valence-corrected chi connectivity index (χ1v) is 12.0. The molecular weight excluding hydrogens is 516 g/mol. The van der Waals surface area contributed by atoms with E-state index in [1.165, 1.54) is 16.2 Å². The highest BCUT2D eigenvalue weighted by atomic mass is 79.9. The minimum Gasteiger partial charge on any atom is -0.507 e. The van der Waals surface area contributed by atoms with Crippen molar-refractivity contribution in [3.05, 3.63) is 112 Å². The van der Waals surface area contributed by atoms with E-state index in [2.05, 4.69) is 20.9 Å². The largest absolute Gasteiger partial charge is 0.507 e. The molecule has 2 heterocycles. The van der Waals surface area contributed by atoms with Gasteiger partial charge in [0, 0.05) is 21.6 Å². The number of ether oxygens (including phenoxy) is 1. The fourth-order valence-corrected chi connectivity index (χ4v) is 4.75. The SMILES string of the molecule is O=C1C(=O)N(c2nccs2)C(c2cccc(Oc3ccccc3)c2)/C1=C(\O)c1ccc(Br)cc1. The number of hydrogen-bond acceptors (Lipinski definition) is 6. The highest BCUT2D eigenvalue weighted by Crippen LogP contribution is 2.43. The molecule has 1 aliphatic heterocycles. The molecule has 1 fully saturated rings. The van der Waals surface area contributed by atoms with Gasteiger partial charge in [-0.2, -0.15) is 0 Å². The summed E-state index contributed by atoms with van der Waals surface area (Å²) in [6.07, 6.45) is 1.57. The number of ketones is 1. The lowest BCUT2D eigenvalue weighted by molar-refractivity contribution is -0.132. The number of aromatic nitrogens is 1. The molecule has 0 aliphatic carbocycles. The first-order chi connectivity index (χ1) is 16.5. The molecule has 1 N–H and O–H groups in total. The number of amides is 1. The predicted octanol–water partition coefficient (Wildman–Crippen LogP) is 6.32. The number of nitrogens with zero attached hydrogens (tertiary/aromatic N) is 2. The van der Waals surface area contributed by atoms with Gasteiger partial charge in [0.25, 0.3) is 5.78 Å². The number of rotatable bonds is 5. The Labute approximate surface area is 207 Å². The van der Waals surface area contributed by atoms with E-state index in [9.17, 15) is 14.7 Å². The van der Waals surface area contributed by atoms with Gasteiger partial charge in [0.05, 0.1) is 11.6 Å². The van der Waals surface area contributed by atoms with Crippen LogP contribution in [-0.2, 0) is 9.59 Å². The molecule has 1 aromatic heterocycles. The molecule has 5 rings (SSSR count). The second-order valence-electron chi connectivity index (χ2n) is 7.48. The molecule has 168 valence electrons. The van der Waals surface area contributed by atoms with Crippen LogP contribution in [0.4, 0.5) is 5.13 Å². The highest BCUT2D eigenvalue weighted by Gasteiger charge is 2.48. The number of Topliss-reactive ketones (excluding diaryl/α,β-unsaturated/α-hetero) is 1. The van der Waals surface area contributed by atoms with E-state index in [1.807, 2.05) is 30.3 Å². The topological polar surface area (TPSA) is 79.7 Å². The van der Waals surface area contributed by atoms with Crippen molar-refractivity contribution < 1.29 is 19.4 Å². The third-order valence-corrected chi connectivity index (χ3v) is 6.64. The standard InChI is InChI=1S/C26H17BrN2O4S/c27-18-11-9-16(10-12-18)23(30)21-22(29(25(32)24(21)31)26-28-13-14-34-26)17-5-4-8-20(15-17)33-19-6-2-1-3-7-19/h1-15,22,30H/b23-21+. The van der Waals surface area contributed by atoms with Crippen LogP contribution in [0.25, 0.3) is 5.76 Å². The average molecular weight is 533 g/mol. The zero-order valence-corrected chi connectivity index (χ0v) is 20.0. The molecule has 1 unspecified atom stereocenters. The van der Waals surface area contributed by atoms with E-state index in [-0.39, 0.29) is 11.3 Å². The van der Waals surface area contributed by atoms with Crippen molar-refractivity contribution in [3.8, 4) is 11.5 Å². The summed E-state index contributed by atoms with van der Waals surface area (Å²) in [4.78, 5) is 31.9. The fourth-order valence-electron chi connectivity index (χ4n) is 3.82. The van der Waals surface area contributed by atoms with Crippen LogP contribution in [0.1, 0.15) is 17.2 Å². The van der Waals surface area contributed by atoms with Crippen LogP contribution in [0.2, 0.25) is 0 Å². The number of hydrogen-bond donors (Lipinski definition) is 1. The first kappa shape index (κ1) is 22.1. The lowest BCUT2D eigenvalue weighted by Crippen LogP contribution is -2.29. The number of carbonyl (C=O) groups excluding carboxylic acids is 2. The van der Waals surface area contributed by atoms with Crippen LogP contribution >= 0.6 is 27.3 Å². The third kappa shape index (κ3) is 4.13. The average Bonchev–Trinajstić information content (AvgIpc) is 3.47. The lowest BCUT2D eigenvalue weighted by atomic mass is 9.95. The van der Waals surface area contributed by atoms with Crippen LogP contribution in [-0.4, -0.2) is 21.8 Å². The Bertz CT molecular complexity index is 1390. The molecule has 1 aliphatic rings.